The molecule has 1 aromatic heterocycles. The Hall–Kier alpha value is -1.67. The van der Waals surface area contributed by atoms with Gasteiger partial charge in [-0.15, -0.1) is 47.5 Å². The van der Waals surface area contributed by atoms with E-state index < -0.39 is 0 Å². The van der Waals surface area contributed by atoms with Gasteiger partial charge in [-0.3, -0.25) is 6.08 Å². The molecule has 3 aromatic rings. The molecule has 0 spiro atoms. The van der Waals surface area contributed by atoms with E-state index >= 15 is 0 Å². The number of fused-ring (bicyclic) bond motifs is 1. The predicted octanol–water partition coefficient (Wildman–Crippen LogP) is 0.221. The summed E-state index contributed by atoms with van der Waals surface area (Å²) in [6.45, 7) is 2.22. The van der Waals surface area contributed by atoms with Gasteiger partial charge in [-0.2, -0.15) is 6.08 Å². The molecule has 1 aliphatic carbocycles. The molecule has 134 valence electrons. The van der Waals surface area contributed by atoms with E-state index in [1.165, 1.54) is 41.3 Å². The van der Waals surface area contributed by atoms with Crippen molar-refractivity contribution in [1.29, 1.82) is 0 Å². The summed E-state index contributed by atoms with van der Waals surface area (Å²) < 4.78 is 2.12. The Balaban J connectivity index is 0.000000466. The first kappa shape index (κ1) is 24.3. The zero-order chi connectivity index (χ0) is 15.9. The summed E-state index contributed by atoms with van der Waals surface area (Å²) in [4.78, 5) is 0. The molecule has 0 N–H and O–H groups in total. The molecule has 0 fully saturated rings. The Labute approximate surface area is 173 Å². The number of aromatic nitrogens is 1. The number of hydrogen-bond donors (Lipinski definition) is 0. The largest absolute Gasteiger partial charge is 4.00 e. The zero-order valence-corrected chi connectivity index (χ0v) is 17.4. The van der Waals surface area contributed by atoms with Crippen molar-refractivity contribution in [2.24, 2.45) is 0 Å². The van der Waals surface area contributed by atoms with Gasteiger partial charge in [0, 0.05) is 12.4 Å². The first-order valence-corrected chi connectivity index (χ1v) is 8.42. The second-order valence-electron chi connectivity index (χ2n) is 5.84. The number of halogens is 2. The Morgan fingerprint density at radius 2 is 1.81 bits per heavy atom. The fourth-order valence-corrected chi connectivity index (χ4v) is 2.78. The molecule has 1 aliphatic rings. The van der Waals surface area contributed by atoms with Crippen LogP contribution in [0.3, 0.4) is 0 Å². The number of allylic oxidation sites excluding steroid dienone is 4. The quantitative estimate of drug-likeness (QED) is 0.522. The minimum absolute atomic E-state index is 0. The van der Waals surface area contributed by atoms with Crippen LogP contribution in [-0.2, 0) is 26.2 Å². The van der Waals surface area contributed by atoms with Crippen LogP contribution in [0.25, 0.3) is 16.5 Å². The minimum Gasteiger partial charge on any atom is -1.00 e. The van der Waals surface area contributed by atoms with Crippen LogP contribution in [0, 0.1) is 6.08 Å². The van der Waals surface area contributed by atoms with Gasteiger partial charge in [0.1, 0.15) is 0 Å². The number of hydrogen-bond acceptors (Lipinski definition) is 0. The first-order chi connectivity index (χ1) is 11.4. The number of unbranched alkanes of at least 4 members (excludes halogenated alkanes) is 1. The molecule has 0 atom stereocenters. The molecule has 0 saturated carbocycles. The van der Waals surface area contributed by atoms with Gasteiger partial charge in [-0.05, 0) is 17.8 Å². The van der Waals surface area contributed by atoms with E-state index in [2.05, 4.69) is 78.5 Å². The Kier molecular flexibility index (Phi) is 11.8. The van der Waals surface area contributed by atoms with Crippen LogP contribution in [-0.4, -0.2) is 4.57 Å². The summed E-state index contributed by atoms with van der Waals surface area (Å²) in [5.74, 6) is 0. The average Bonchev–Trinajstić information content (AvgIpc) is 3.34. The number of benzene rings is 1. The van der Waals surface area contributed by atoms with E-state index in [9.17, 15) is 0 Å². The third kappa shape index (κ3) is 6.57. The average molecular weight is 431 g/mol. The molecule has 4 rings (SSSR count). The van der Waals surface area contributed by atoms with Crippen LogP contribution in [0.1, 0.15) is 32.6 Å². The number of nitrogens with zero attached hydrogens (tertiary/aromatic N) is 1. The summed E-state index contributed by atoms with van der Waals surface area (Å²) in [5, 5.41) is 2.60. The third-order valence-corrected chi connectivity index (χ3v) is 4.07. The second-order valence-corrected chi connectivity index (χ2v) is 5.84. The normalized spacial score (nSPS) is 11.5. The van der Waals surface area contributed by atoms with Crippen LogP contribution in [0.2, 0.25) is 0 Å². The second kappa shape index (κ2) is 12.6. The van der Waals surface area contributed by atoms with Crippen LogP contribution in [0.4, 0.5) is 0 Å². The van der Waals surface area contributed by atoms with Crippen LogP contribution in [0.5, 0.6) is 0 Å². The fourth-order valence-electron chi connectivity index (χ4n) is 2.78. The van der Waals surface area contributed by atoms with Gasteiger partial charge in [-0.25, -0.2) is 11.6 Å². The Morgan fingerprint density at radius 1 is 1.08 bits per heavy atom. The van der Waals surface area contributed by atoms with E-state index in [1.807, 2.05) is 12.1 Å². The maximum Gasteiger partial charge on any atom is 4.00 e. The maximum atomic E-state index is 3.30. The molecular formula is C22H23F2NZr. The fraction of sp³-hybridized carbons (Fsp3) is 0.227. The van der Waals surface area contributed by atoms with Gasteiger partial charge in [0.15, 0.2) is 0 Å². The molecule has 2 aromatic carbocycles. The minimum atomic E-state index is 0. The van der Waals surface area contributed by atoms with Crippen molar-refractivity contribution in [2.75, 3.05) is 0 Å². The molecule has 1 nitrogen and oxygen atoms in total. The number of rotatable bonds is 4. The van der Waals surface area contributed by atoms with Gasteiger partial charge in [0.05, 0.1) is 0 Å². The van der Waals surface area contributed by atoms with E-state index in [0.717, 1.165) is 6.42 Å². The SMILES string of the molecule is CCCCC1=[C-]CC=C1.[F-].[F-].[Zr+4].c1ccc2[cH-]c(-n3cccc3)cc2c1. The molecule has 0 aliphatic heterocycles. The van der Waals surface area contributed by atoms with Gasteiger partial charge in [0.25, 0.3) is 0 Å². The van der Waals surface area contributed by atoms with Crippen molar-refractivity contribution < 1.29 is 35.6 Å². The maximum absolute atomic E-state index is 3.30. The molecule has 4 heteroatoms. The van der Waals surface area contributed by atoms with Crippen molar-refractivity contribution in [3.63, 3.8) is 0 Å². The van der Waals surface area contributed by atoms with E-state index in [4.69, 9.17) is 0 Å². The molecular weight excluding hydrogens is 407 g/mol. The van der Waals surface area contributed by atoms with Gasteiger partial charge < -0.3 is 14.0 Å². The predicted molar refractivity (Wildman–Crippen MR) is 98.9 cm³/mol. The van der Waals surface area contributed by atoms with Crippen LogP contribution in [0.15, 0.2) is 78.6 Å². The summed E-state index contributed by atoms with van der Waals surface area (Å²) in [7, 11) is 0. The van der Waals surface area contributed by atoms with Gasteiger partial charge in [-0.1, -0.05) is 32.3 Å². The van der Waals surface area contributed by atoms with E-state index in [1.54, 1.807) is 0 Å². The summed E-state index contributed by atoms with van der Waals surface area (Å²) in [6.07, 6.45) is 16.7. The summed E-state index contributed by atoms with van der Waals surface area (Å²) >= 11 is 0. The van der Waals surface area contributed by atoms with Gasteiger partial charge >= 0.3 is 26.2 Å². The molecule has 0 unspecified atom stereocenters. The molecule has 0 bridgehead atoms. The summed E-state index contributed by atoms with van der Waals surface area (Å²) in [6, 6.07) is 16.9. The zero-order valence-electron chi connectivity index (χ0n) is 15.0. The third-order valence-electron chi connectivity index (χ3n) is 4.07. The van der Waals surface area contributed by atoms with Crippen molar-refractivity contribution in [3.8, 4) is 5.69 Å². The first-order valence-electron chi connectivity index (χ1n) is 8.42. The molecule has 0 saturated heterocycles. The standard InChI is InChI=1S/C13H10N.C9H13.2FH.Zr/c1-2-6-12-10-13(9-11(12)5-1)14-7-3-4-8-14;1-2-3-6-9-7-4-5-8-9;;;/h1-10H;4,7H,2-3,5-6H2,1H3;2*1H;/q2*-1;;;+4/p-2. The van der Waals surface area contributed by atoms with Gasteiger partial charge in [0.2, 0.25) is 0 Å². The Bertz CT molecular complexity index is 768. The Morgan fingerprint density at radius 3 is 2.42 bits per heavy atom. The van der Waals surface area contributed by atoms with Crippen molar-refractivity contribution in [1.82, 2.24) is 4.57 Å². The molecule has 1 heterocycles. The van der Waals surface area contributed by atoms with E-state index in [-0.39, 0.29) is 35.6 Å². The topological polar surface area (TPSA) is 4.93 Å². The van der Waals surface area contributed by atoms with E-state index in [0.29, 0.717) is 0 Å². The van der Waals surface area contributed by atoms with Crippen LogP contribution < -0.4 is 9.41 Å². The smallest absolute Gasteiger partial charge is 1.00 e. The molecule has 0 radical (unpaired) electrons. The van der Waals surface area contributed by atoms with Crippen LogP contribution >= 0.6 is 0 Å². The van der Waals surface area contributed by atoms with Crippen molar-refractivity contribution in [2.45, 2.75) is 32.6 Å². The monoisotopic (exact) mass is 429 g/mol. The molecule has 0 amide bonds. The van der Waals surface area contributed by atoms with Crippen molar-refractivity contribution >= 4 is 10.8 Å². The summed E-state index contributed by atoms with van der Waals surface area (Å²) in [5.41, 5.74) is 2.65. The van der Waals surface area contributed by atoms with Crippen molar-refractivity contribution in [3.05, 3.63) is 84.7 Å². The molecule has 26 heavy (non-hydrogen) atoms.